The number of carbonyl (C=O) groups is 3. The van der Waals surface area contributed by atoms with E-state index in [4.69, 9.17) is 0 Å². The third kappa shape index (κ3) is 5.06. The monoisotopic (exact) mass is 396 g/mol. The van der Waals surface area contributed by atoms with E-state index in [2.05, 4.69) is 26.0 Å². The Bertz CT molecular complexity index is 595. The number of nitrogens with zero attached hydrogens (tertiary/aromatic N) is 1. The molecule has 0 aromatic heterocycles. The van der Waals surface area contributed by atoms with Gasteiger partial charge in [0.25, 0.3) is 5.91 Å². The Labute approximate surface area is 149 Å². The van der Waals surface area contributed by atoms with Crippen LogP contribution >= 0.6 is 15.9 Å². The number of nitrogens with one attached hydrogen (secondary N) is 1. The summed E-state index contributed by atoms with van der Waals surface area (Å²) in [6, 6.07) is 7.26. The van der Waals surface area contributed by atoms with E-state index in [9.17, 15) is 14.4 Å². The summed E-state index contributed by atoms with van der Waals surface area (Å²) in [5.74, 6) is -0.525. The molecule has 1 aromatic rings. The highest BCUT2D eigenvalue weighted by Crippen LogP contribution is 2.20. The van der Waals surface area contributed by atoms with E-state index < -0.39 is 0 Å². The minimum atomic E-state index is -0.342. The molecule has 1 aliphatic heterocycles. The average Bonchev–Trinajstić information content (AvgIpc) is 2.61. The summed E-state index contributed by atoms with van der Waals surface area (Å²) < 4.78 is 5.46. The Morgan fingerprint density at radius 3 is 2.42 bits per heavy atom. The SMILES string of the molecule is COC(=O)CCNC(=O)C1CCN(C(=O)c2ccc(Br)cc2)CC1. The van der Waals surface area contributed by atoms with Gasteiger partial charge in [-0.15, -0.1) is 0 Å². The molecular weight excluding hydrogens is 376 g/mol. The van der Waals surface area contributed by atoms with Crippen molar-refractivity contribution in [1.29, 1.82) is 0 Å². The number of piperidine rings is 1. The standard InChI is InChI=1S/C17H21BrN2O4/c1-24-15(21)6-9-19-16(22)12-7-10-20(11-8-12)17(23)13-2-4-14(18)5-3-13/h2-5,12H,6-11H2,1H3,(H,19,22). The van der Waals surface area contributed by atoms with Crippen molar-refractivity contribution in [3.63, 3.8) is 0 Å². The summed E-state index contributed by atoms with van der Waals surface area (Å²) in [4.78, 5) is 37.3. The molecule has 0 radical (unpaired) electrons. The zero-order chi connectivity index (χ0) is 17.5. The van der Waals surface area contributed by atoms with Crippen molar-refractivity contribution in [2.75, 3.05) is 26.7 Å². The van der Waals surface area contributed by atoms with Crippen molar-refractivity contribution in [3.8, 4) is 0 Å². The lowest BCUT2D eigenvalue weighted by Crippen LogP contribution is -2.43. The first-order valence-electron chi connectivity index (χ1n) is 7.90. The highest BCUT2D eigenvalue weighted by atomic mass is 79.9. The second-order valence-corrected chi connectivity index (χ2v) is 6.61. The number of hydrogen-bond donors (Lipinski definition) is 1. The molecule has 130 valence electrons. The topological polar surface area (TPSA) is 75.7 Å². The van der Waals surface area contributed by atoms with Crippen molar-refractivity contribution < 1.29 is 19.1 Å². The van der Waals surface area contributed by atoms with Gasteiger partial charge >= 0.3 is 5.97 Å². The minimum absolute atomic E-state index is 0.00736. The Morgan fingerprint density at radius 2 is 1.83 bits per heavy atom. The van der Waals surface area contributed by atoms with Crippen LogP contribution in [0.5, 0.6) is 0 Å². The fourth-order valence-corrected chi connectivity index (χ4v) is 2.92. The molecule has 1 N–H and O–H groups in total. The molecular formula is C17H21BrN2O4. The summed E-state index contributed by atoms with van der Waals surface area (Å²) in [6.45, 7) is 1.40. The van der Waals surface area contributed by atoms with E-state index in [1.807, 2.05) is 12.1 Å². The number of hydrogen-bond acceptors (Lipinski definition) is 4. The molecule has 0 atom stereocenters. The zero-order valence-electron chi connectivity index (χ0n) is 13.6. The average molecular weight is 397 g/mol. The number of esters is 1. The number of benzene rings is 1. The summed E-state index contributed by atoms with van der Waals surface area (Å²) in [7, 11) is 1.32. The molecule has 0 saturated carbocycles. The van der Waals surface area contributed by atoms with Crippen LogP contribution in [0.15, 0.2) is 28.7 Å². The third-order valence-electron chi connectivity index (χ3n) is 4.10. The van der Waals surface area contributed by atoms with Crippen LogP contribution in [0.1, 0.15) is 29.6 Å². The fourth-order valence-electron chi connectivity index (χ4n) is 2.65. The zero-order valence-corrected chi connectivity index (χ0v) is 15.2. The summed E-state index contributed by atoms with van der Waals surface area (Å²) >= 11 is 3.35. The van der Waals surface area contributed by atoms with Gasteiger partial charge in [-0.1, -0.05) is 15.9 Å². The van der Waals surface area contributed by atoms with Gasteiger partial charge in [0.15, 0.2) is 0 Å². The molecule has 2 amide bonds. The second-order valence-electron chi connectivity index (χ2n) is 5.69. The Morgan fingerprint density at radius 1 is 1.21 bits per heavy atom. The Hall–Kier alpha value is -1.89. The molecule has 6 nitrogen and oxygen atoms in total. The van der Waals surface area contributed by atoms with Crippen LogP contribution in [0.4, 0.5) is 0 Å². The smallest absolute Gasteiger partial charge is 0.307 e. The van der Waals surface area contributed by atoms with Crippen LogP contribution in [0.2, 0.25) is 0 Å². The van der Waals surface area contributed by atoms with Gasteiger partial charge in [-0.3, -0.25) is 14.4 Å². The van der Waals surface area contributed by atoms with Crippen LogP contribution in [0.25, 0.3) is 0 Å². The first kappa shape index (κ1) is 18.4. The molecule has 0 aliphatic carbocycles. The van der Waals surface area contributed by atoms with Crippen molar-refractivity contribution in [2.45, 2.75) is 19.3 Å². The predicted molar refractivity (Wildman–Crippen MR) is 92.4 cm³/mol. The summed E-state index contributed by atoms with van der Waals surface area (Å²) in [6.07, 6.45) is 1.43. The molecule has 1 saturated heterocycles. The van der Waals surface area contributed by atoms with Crippen molar-refractivity contribution in [3.05, 3.63) is 34.3 Å². The van der Waals surface area contributed by atoms with Crippen LogP contribution in [0, 0.1) is 5.92 Å². The van der Waals surface area contributed by atoms with Crippen molar-refractivity contribution >= 4 is 33.7 Å². The van der Waals surface area contributed by atoms with Crippen molar-refractivity contribution in [1.82, 2.24) is 10.2 Å². The Balaban J connectivity index is 1.78. The molecule has 0 bridgehead atoms. The lowest BCUT2D eigenvalue weighted by Gasteiger charge is -2.31. The highest BCUT2D eigenvalue weighted by Gasteiger charge is 2.27. The lowest BCUT2D eigenvalue weighted by molar-refractivity contribution is -0.140. The number of methoxy groups -OCH3 is 1. The van der Waals surface area contributed by atoms with Gasteiger partial charge in [0.2, 0.25) is 5.91 Å². The van der Waals surface area contributed by atoms with Gasteiger partial charge in [-0.25, -0.2) is 0 Å². The summed E-state index contributed by atoms with van der Waals surface area (Å²) in [5.41, 5.74) is 0.652. The molecule has 24 heavy (non-hydrogen) atoms. The van der Waals surface area contributed by atoms with Gasteiger partial charge in [0, 0.05) is 35.6 Å². The van der Waals surface area contributed by atoms with E-state index in [1.165, 1.54) is 7.11 Å². The second kappa shape index (κ2) is 8.82. The number of likely N-dealkylation sites (tertiary alicyclic amines) is 1. The van der Waals surface area contributed by atoms with E-state index in [-0.39, 0.29) is 36.7 Å². The molecule has 0 spiro atoms. The maximum Gasteiger partial charge on any atom is 0.307 e. The van der Waals surface area contributed by atoms with E-state index in [1.54, 1.807) is 17.0 Å². The molecule has 0 unspecified atom stereocenters. The first-order chi connectivity index (χ1) is 11.5. The molecule has 1 aromatic carbocycles. The van der Waals surface area contributed by atoms with E-state index >= 15 is 0 Å². The maximum atomic E-state index is 12.4. The van der Waals surface area contributed by atoms with Crippen LogP contribution in [-0.2, 0) is 14.3 Å². The molecule has 1 fully saturated rings. The number of ether oxygens (including phenoxy) is 1. The van der Waals surface area contributed by atoms with E-state index in [0.29, 0.717) is 31.5 Å². The molecule has 1 heterocycles. The van der Waals surface area contributed by atoms with Gasteiger partial charge in [0.05, 0.1) is 13.5 Å². The predicted octanol–water partition coefficient (Wildman–Crippen LogP) is 1.98. The van der Waals surface area contributed by atoms with Crippen LogP contribution in [0.3, 0.4) is 0 Å². The van der Waals surface area contributed by atoms with Crippen LogP contribution in [-0.4, -0.2) is 49.4 Å². The maximum absolute atomic E-state index is 12.4. The van der Waals surface area contributed by atoms with E-state index in [0.717, 1.165) is 4.47 Å². The fraction of sp³-hybridized carbons (Fsp3) is 0.471. The quantitative estimate of drug-likeness (QED) is 0.772. The summed E-state index contributed by atoms with van der Waals surface area (Å²) in [5, 5.41) is 2.75. The number of carbonyl (C=O) groups excluding carboxylic acids is 3. The lowest BCUT2D eigenvalue weighted by atomic mass is 9.95. The van der Waals surface area contributed by atoms with Gasteiger partial charge < -0.3 is 15.0 Å². The first-order valence-corrected chi connectivity index (χ1v) is 8.70. The molecule has 1 aliphatic rings. The van der Waals surface area contributed by atoms with Crippen molar-refractivity contribution in [2.24, 2.45) is 5.92 Å². The minimum Gasteiger partial charge on any atom is -0.469 e. The normalized spacial score (nSPS) is 15.0. The van der Waals surface area contributed by atoms with Crippen LogP contribution < -0.4 is 5.32 Å². The number of amides is 2. The van der Waals surface area contributed by atoms with Gasteiger partial charge in [-0.2, -0.15) is 0 Å². The van der Waals surface area contributed by atoms with Gasteiger partial charge in [-0.05, 0) is 37.1 Å². The largest absolute Gasteiger partial charge is 0.469 e. The number of rotatable bonds is 5. The molecule has 2 rings (SSSR count). The molecule has 7 heteroatoms. The third-order valence-corrected chi connectivity index (χ3v) is 4.63. The number of halogens is 1. The van der Waals surface area contributed by atoms with Gasteiger partial charge in [0.1, 0.15) is 0 Å². The highest BCUT2D eigenvalue weighted by molar-refractivity contribution is 9.10. The Kier molecular flexibility index (Phi) is 6.78.